The first kappa shape index (κ1) is 14.7. The Morgan fingerprint density at radius 2 is 1.89 bits per heavy atom. The summed E-state index contributed by atoms with van der Waals surface area (Å²) in [5.74, 6) is 1.42. The van der Waals surface area contributed by atoms with Crippen LogP contribution in [0.15, 0.2) is 24.3 Å². The molecule has 0 saturated heterocycles. The topological polar surface area (TPSA) is 21.3 Å². The van der Waals surface area contributed by atoms with Crippen LogP contribution in [0.1, 0.15) is 39.0 Å². The average Bonchev–Trinajstić information content (AvgIpc) is 2.45. The van der Waals surface area contributed by atoms with E-state index in [2.05, 4.69) is 12.2 Å². The lowest BCUT2D eigenvalue weighted by Crippen LogP contribution is -2.35. The van der Waals surface area contributed by atoms with Crippen molar-refractivity contribution < 1.29 is 4.74 Å². The maximum atomic E-state index is 5.84. The zero-order valence-electron chi connectivity index (χ0n) is 11.7. The summed E-state index contributed by atoms with van der Waals surface area (Å²) in [5.41, 5.74) is 0. The second-order valence-electron chi connectivity index (χ2n) is 5.61. The second kappa shape index (κ2) is 7.76. The summed E-state index contributed by atoms with van der Waals surface area (Å²) in [6.07, 6.45) is 6.85. The molecule has 1 N–H and O–H groups in total. The maximum Gasteiger partial charge on any atom is 0.119 e. The highest BCUT2D eigenvalue weighted by Crippen LogP contribution is 2.18. The number of ether oxygens (including phenoxy) is 1. The van der Waals surface area contributed by atoms with Gasteiger partial charge in [0.05, 0.1) is 6.61 Å². The van der Waals surface area contributed by atoms with Crippen molar-refractivity contribution >= 4 is 11.6 Å². The Kier molecular flexibility index (Phi) is 5.99. The van der Waals surface area contributed by atoms with E-state index in [0.29, 0.717) is 5.92 Å². The van der Waals surface area contributed by atoms with Crippen molar-refractivity contribution in [2.45, 2.75) is 45.1 Å². The quantitative estimate of drug-likeness (QED) is 0.840. The van der Waals surface area contributed by atoms with Gasteiger partial charge in [0.2, 0.25) is 0 Å². The molecule has 2 rings (SSSR count). The van der Waals surface area contributed by atoms with Gasteiger partial charge in [-0.2, -0.15) is 0 Å². The van der Waals surface area contributed by atoms with Crippen molar-refractivity contribution in [2.75, 3.05) is 13.2 Å². The third-order valence-electron chi connectivity index (χ3n) is 3.71. The standard InChI is InChI=1S/C16H24ClNO/c1-13(11-18-15-5-3-2-4-6-15)12-19-16-9-7-14(17)8-10-16/h7-10,13,15,18H,2-6,11-12H2,1H3. The van der Waals surface area contributed by atoms with Gasteiger partial charge < -0.3 is 10.1 Å². The predicted molar refractivity (Wildman–Crippen MR) is 81.0 cm³/mol. The van der Waals surface area contributed by atoms with Gasteiger partial charge >= 0.3 is 0 Å². The van der Waals surface area contributed by atoms with Crippen LogP contribution < -0.4 is 10.1 Å². The zero-order valence-corrected chi connectivity index (χ0v) is 12.5. The van der Waals surface area contributed by atoms with Crippen LogP contribution in [-0.2, 0) is 0 Å². The minimum Gasteiger partial charge on any atom is -0.493 e. The molecule has 1 aliphatic rings. The lowest BCUT2D eigenvalue weighted by molar-refractivity contribution is 0.245. The highest BCUT2D eigenvalue weighted by Gasteiger charge is 2.13. The molecule has 1 aliphatic carbocycles. The van der Waals surface area contributed by atoms with Gasteiger partial charge in [0.15, 0.2) is 0 Å². The Labute approximate surface area is 121 Å². The summed E-state index contributed by atoms with van der Waals surface area (Å²) in [5, 5.41) is 4.42. The molecule has 0 aliphatic heterocycles. The van der Waals surface area contributed by atoms with Crippen LogP contribution in [-0.4, -0.2) is 19.2 Å². The first-order valence-electron chi connectivity index (χ1n) is 7.36. The monoisotopic (exact) mass is 281 g/mol. The van der Waals surface area contributed by atoms with E-state index in [9.17, 15) is 0 Å². The summed E-state index contributed by atoms with van der Waals surface area (Å²) < 4.78 is 5.76. The molecule has 1 unspecified atom stereocenters. The van der Waals surface area contributed by atoms with E-state index in [0.717, 1.165) is 30.0 Å². The van der Waals surface area contributed by atoms with Crippen molar-refractivity contribution in [1.82, 2.24) is 5.32 Å². The molecule has 1 atom stereocenters. The fourth-order valence-electron chi connectivity index (χ4n) is 2.50. The van der Waals surface area contributed by atoms with Crippen LogP contribution in [0, 0.1) is 5.92 Å². The number of nitrogens with one attached hydrogen (secondary N) is 1. The zero-order chi connectivity index (χ0) is 13.5. The highest BCUT2D eigenvalue weighted by atomic mass is 35.5. The summed E-state index contributed by atoms with van der Waals surface area (Å²) in [4.78, 5) is 0. The van der Waals surface area contributed by atoms with Gasteiger partial charge in [-0.15, -0.1) is 0 Å². The Bertz CT molecular complexity index is 360. The molecule has 1 saturated carbocycles. The third kappa shape index (κ3) is 5.42. The normalized spacial score (nSPS) is 18.2. The van der Waals surface area contributed by atoms with Crippen molar-refractivity contribution in [3.63, 3.8) is 0 Å². The number of halogens is 1. The molecule has 0 aromatic heterocycles. The van der Waals surface area contributed by atoms with Crippen LogP contribution in [0.25, 0.3) is 0 Å². The summed E-state index contributed by atoms with van der Waals surface area (Å²) in [6, 6.07) is 8.29. The summed E-state index contributed by atoms with van der Waals surface area (Å²) in [7, 11) is 0. The van der Waals surface area contributed by atoms with E-state index >= 15 is 0 Å². The SMILES string of the molecule is CC(CNC1CCCCC1)COc1ccc(Cl)cc1. The van der Waals surface area contributed by atoms with Crippen LogP contribution >= 0.6 is 11.6 Å². The molecule has 106 valence electrons. The fourth-order valence-corrected chi connectivity index (χ4v) is 2.63. The van der Waals surface area contributed by atoms with Crippen molar-refractivity contribution in [3.8, 4) is 5.75 Å². The molecular formula is C16H24ClNO. The Hall–Kier alpha value is -0.730. The first-order valence-corrected chi connectivity index (χ1v) is 7.73. The van der Waals surface area contributed by atoms with Crippen LogP contribution in [0.3, 0.4) is 0 Å². The molecule has 0 bridgehead atoms. The lowest BCUT2D eigenvalue weighted by Gasteiger charge is -2.24. The third-order valence-corrected chi connectivity index (χ3v) is 3.96. The molecule has 0 radical (unpaired) electrons. The van der Waals surface area contributed by atoms with Crippen LogP contribution in [0.4, 0.5) is 0 Å². The van der Waals surface area contributed by atoms with Crippen LogP contribution in [0.2, 0.25) is 5.02 Å². The van der Waals surface area contributed by atoms with E-state index in [1.807, 2.05) is 24.3 Å². The van der Waals surface area contributed by atoms with Crippen molar-refractivity contribution in [1.29, 1.82) is 0 Å². The first-order chi connectivity index (χ1) is 9.24. The van der Waals surface area contributed by atoms with E-state index in [1.54, 1.807) is 0 Å². The largest absolute Gasteiger partial charge is 0.493 e. The average molecular weight is 282 g/mol. The Morgan fingerprint density at radius 1 is 1.21 bits per heavy atom. The van der Waals surface area contributed by atoms with Gasteiger partial charge in [-0.05, 0) is 37.1 Å². The molecule has 1 fully saturated rings. The molecule has 3 heteroatoms. The van der Waals surface area contributed by atoms with Crippen molar-refractivity contribution in [2.24, 2.45) is 5.92 Å². The van der Waals surface area contributed by atoms with Crippen molar-refractivity contribution in [3.05, 3.63) is 29.3 Å². The fraction of sp³-hybridized carbons (Fsp3) is 0.625. The highest BCUT2D eigenvalue weighted by molar-refractivity contribution is 6.30. The molecule has 19 heavy (non-hydrogen) atoms. The van der Waals surface area contributed by atoms with E-state index in [4.69, 9.17) is 16.3 Å². The number of benzene rings is 1. The number of hydrogen-bond acceptors (Lipinski definition) is 2. The van der Waals surface area contributed by atoms with Gasteiger partial charge in [0.25, 0.3) is 0 Å². The molecule has 0 heterocycles. The minimum absolute atomic E-state index is 0.526. The predicted octanol–water partition coefficient (Wildman–Crippen LogP) is 4.28. The molecule has 1 aromatic rings. The molecule has 2 nitrogen and oxygen atoms in total. The van der Waals surface area contributed by atoms with Gasteiger partial charge in [0, 0.05) is 23.5 Å². The maximum absolute atomic E-state index is 5.84. The molecule has 1 aromatic carbocycles. The second-order valence-corrected chi connectivity index (χ2v) is 6.05. The Morgan fingerprint density at radius 3 is 2.58 bits per heavy atom. The van der Waals surface area contributed by atoms with Gasteiger partial charge in [0.1, 0.15) is 5.75 Å². The van der Waals surface area contributed by atoms with E-state index in [1.165, 1.54) is 32.1 Å². The minimum atomic E-state index is 0.526. The number of hydrogen-bond donors (Lipinski definition) is 1. The van der Waals surface area contributed by atoms with Gasteiger partial charge in [-0.1, -0.05) is 37.8 Å². The molecule has 0 spiro atoms. The Balaban J connectivity index is 1.63. The van der Waals surface area contributed by atoms with Crippen LogP contribution in [0.5, 0.6) is 5.75 Å². The van der Waals surface area contributed by atoms with Gasteiger partial charge in [-0.25, -0.2) is 0 Å². The lowest BCUT2D eigenvalue weighted by atomic mass is 9.95. The number of rotatable bonds is 6. The summed E-state index contributed by atoms with van der Waals surface area (Å²) >= 11 is 5.84. The smallest absolute Gasteiger partial charge is 0.119 e. The van der Waals surface area contributed by atoms with E-state index < -0.39 is 0 Å². The summed E-state index contributed by atoms with van der Waals surface area (Å²) in [6.45, 7) is 4.02. The van der Waals surface area contributed by atoms with E-state index in [-0.39, 0.29) is 0 Å². The molecular weight excluding hydrogens is 258 g/mol. The van der Waals surface area contributed by atoms with Gasteiger partial charge in [-0.3, -0.25) is 0 Å². The molecule has 0 amide bonds.